The van der Waals surface area contributed by atoms with E-state index in [2.05, 4.69) is 79.8 Å². The molecular formula is C20H19Si. The summed E-state index contributed by atoms with van der Waals surface area (Å²) in [5, 5.41) is 0. The molecule has 0 N–H and O–H groups in total. The third-order valence-electron chi connectivity index (χ3n) is 4.81. The summed E-state index contributed by atoms with van der Waals surface area (Å²) in [5.74, 6) is 0. The van der Waals surface area contributed by atoms with E-state index in [0.717, 1.165) is 0 Å². The first-order valence-corrected chi connectivity index (χ1v) is 9.64. The van der Waals surface area contributed by atoms with E-state index in [9.17, 15) is 0 Å². The molecular weight excluding hydrogens is 268 g/mol. The molecule has 0 fully saturated rings. The molecule has 2 atom stereocenters. The first-order chi connectivity index (χ1) is 10.4. The summed E-state index contributed by atoms with van der Waals surface area (Å²) >= 11 is 0. The number of benzene rings is 2. The zero-order valence-corrected chi connectivity index (χ0v) is 13.3. The summed E-state index contributed by atoms with van der Waals surface area (Å²) in [5.41, 5.74) is 7.24. The number of allylic oxidation sites excluding steroid dienone is 2. The summed E-state index contributed by atoms with van der Waals surface area (Å²) < 4.78 is 0. The molecule has 2 aromatic carbocycles. The van der Waals surface area contributed by atoms with Crippen molar-refractivity contribution in [2.45, 2.75) is 24.1 Å². The van der Waals surface area contributed by atoms with Crippen molar-refractivity contribution in [2.24, 2.45) is 0 Å². The Hall–Kier alpha value is -1.86. The van der Waals surface area contributed by atoms with Crippen LogP contribution in [-0.2, 0) is 0 Å². The van der Waals surface area contributed by atoms with Gasteiger partial charge in [-0.15, -0.1) is 0 Å². The van der Waals surface area contributed by atoms with Crippen molar-refractivity contribution in [1.82, 2.24) is 0 Å². The molecule has 2 aliphatic carbocycles. The van der Waals surface area contributed by atoms with Crippen LogP contribution in [0.15, 0.2) is 60.7 Å². The van der Waals surface area contributed by atoms with Crippen molar-refractivity contribution >= 4 is 20.9 Å². The maximum absolute atomic E-state index is 2.46. The largest absolute Gasteiger partial charge is 0.0793 e. The second-order valence-electron chi connectivity index (χ2n) is 5.86. The first kappa shape index (κ1) is 12.8. The lowest BCUT2D eigenvalue weighted by Crippen LogP contribution is -2.27. The molecule has 0 heterocycles. The highest BCUT2D eigenvalue weighted by Gasteiger charge is 2.34. The van der Waals surface area contributed by atoms with Crippen LogP contribution in [-0.4, -0.2) is 8.80 Å². The van der Waals surface area contributed by atoms with Crippen molar-refractivity contribution in [1.29, 1.82) is 0 Å². The second-order valence-corrected chi connectivity index (χ2v) is 8.96. The number of rotatable bonds is 3. The average Bonchev–Trinajstić information content (AvgIpc) is 3.14. The maximum atomic E-state index is 2.46. The monoisotopic (exact) mass is 287 g/mol. The van der Waals surface area contributed by atoms with Crippen LogP contribution in [0.5, 0.6) is 0 Å². The fraction of sp³-hybridized carbons (Fsp3) is 0.200. The molecule has 0 amide bonds. The molecule has 0 spiro atoms. The van der Waals surface area contributed by atoms with Gasteiger partial charge in [0, 0.05) is 0 Å². The van der Waals surface area contributed by atoms with E-state index in [1.165, 1.54) is 17.2 Å². The second kappa shape index (κ2) is 5.16. The van der Waals surface area contributed by atoms with Crippen molar-refractivity contribution in [3.63, 3.8) is 0 Å². The summed E-state index contributed by atoms with van der Waals surface area (Å²) in [6.07, 6.45) is 9.56. The van der Waals surface area contributed by atoms with Crippen LogP contribution in [0.25, 0.3) is 12.2 Å². The van der Waals surface area contributed by atoms with Gasteiger partial charge in [0.15, 0.2) is 0 Å². The Labute approximate surface area is 128 Å². The molecule has 0 bridgehead atoms. The van der Waals surface area contributed by atoms with Crippen LogP contribution in [0.1, 0.15) is 40.3 Å². The fourth-order valence-corrected chi connectivity index (χ4v) is 7.06. The fourth-order valence-electron chi connectivity index (χ4n) is 3.78. The van der Waals surface area contributed by atoms with E-state index in [1.807, 2.05) is 0 Å². The SMILES string of the molecule is CC[Si](C1C=Cc2ccccc21)C1C=Cc2ccccc21. The Morgan fingerprint density at radius 3 is 1.71 bits per heavy atom. The summed E-state index contributed by atoms with van der Waals surface area (Å²) in [4.78, 5) is 0. The predicted molar refractivity (Wildman–Crippen MR) is 92.7 cm³/mol. The number of fused-ring (bicyclic) bond motifs is 2. The lowest BCUT2D eigenvalue weighted by molar-refractivity contribution is 1.06. The van der Waals surface area contributed by atoms with Gasteiger partial charge < -0.3 is 0 Å². The molecule has 1 radical (unpaired) electrons. The number of hydrogen-bond donors (Lipinski definition) is 0. The van der Waals surface area contributed by atoms with E-state index in [0.29, 0.717) is 11.1 Å². The molecule has 0 aromatic heterocycles. The van der Waals surface area contributed by atoms with Crippen LogP contribution >= 0.6 is 0 Å². The third kappa shape index (κ3) is 2.04. The molecule has 2 aromatic rings. The molecule has 2 aliphatic rings. The predicted octanol–water partition coefficient (Wildman–Crippen LogP) is 5.20. The molecule has 21 heavy (non-hydrogen) atoms. The Kier molecular flexibility index (Phi) is 3.15. The quantitative estimate of drug-likeness (QED) is 0.681. The molecule has 2 unspecified atom stereocenters. The molecule has 1 heteroatoms. The lowest BCUT2D eigenvalue weighted by atomic mass is 10.1. The van der Waals surface area contributed by atoms with Gasteiger partial charge in [-0.25, -0.2) is 0 Å². The highest BCUT2D eigenvalue weighted by Crippen LogP contribution is 2.41. The smallest absolute Gasteiger partial charge is 0.0740 e. The third-order valence-corrected chi connectivity index (χ3v) is 8.23. The van der Waals surface area contributed by atoms with Gasteiger partial charge in [0.2, 0.25) is 0 Å². The van der Waals surface area contributed by atoms with Crippen LogP contribution in [0.3, 0.4) is 0 Å². The normalized spacial score (nSPS) is 21.8. The number of hydrogen-bond acceptors (Lipinski definition) is 0. The van der Waals surface area contributed by atoms with Gasteiger partial charge in [-0.05, 0) is 33.3 Å². The van der Waals surface area contributed by atoms with Gasteiger partial charge >= 0.3 is 0 Å². The topological polar surface area (TPSA) is 0 Å². The van der Waals surface area contributed by atoms with Gasteiger partial charge in [0.25, 0.3) is 0 Å². The molecule has 4 rings (SSSR count). The zero-order chi connectivity index (χ0) is 14.2. The zero-order valence-electron chi connectivity index (χ0n) is 12.3. The minimum absolute atomic E-state index is 0.537. The van der Waals surface area contributed by atoms with Gasteiger partial charge in [-0.3, -0.25) is 0 Å². The lowest BCUT2D eigenvalue weighted by Gasteiger charge is -2.26. The Morgan fingerprint density at radius 2 is 1.24 bits per heavy atom. The standard InChI is InChI=1S/C20H19Si/c1-2-21(19-13-11-15-7-3-5-9-17(15)19)20-14-12-16-8-4-6-10-18(16)20/h3-14,19-20H,2H2,1H3. The van der Waals surface area contributed by atoms with Crippen molar-refractivity contribution in [3.05, 3.63) is 82.9 Å². The summed E-state index contributed by atoms with van der Waals surface area (Å²) in [6, 6.07) is 19.1. The Morgan fingerprint density at radius 1 is 0.762 bits per heavy atom. The first-order valence-electron chi connectivity index (χ1n) is 7.78. The van der Waals surface area contributed by atoms with Crippen molar-refractivity contribution in [2.75, 3.05) is 0 Å². The molecule has 0 aliphatic heterocycles. The van der Waals surface area contributed by atoms with Gasteiger partial charge in [0.05, 0.1) is 8.80 Å². The highest BCUT2D eigenvalue weighted by molar-refractivity contribution is 6.63. The van der Waals surface area contributed by atoms with Gasteiger partial charge in [-0.1, -0.05) is 85.8 Å². The van der Waals surface area contributed by atoms with E-state index >= 15 is 0 Å². The van der Waals surface area contributed by atoms with Crippen molar-refractivity contribution < 1.29 is 0 Å². The van der Waals surface area contributed by atoms with Gasteiger partial charge in [0.1, 0.15) is 0 Å². The van der Waals surface area contributed by atoms with Crippen LogP contribution in [0, 0.1) is 0 Å². The maximum Gasteiger partial charge on any atom is 0.0740 e. The van der Waals surface area contributed by atoms with E-state index in [4.69, 9.17) is 0 Å². The van der Waals surface area contributed by atoms with Crippen LogP contribution in [0.2, 0.25) is 6.04 Å². The molecule has 0 saturated heterocycles. The summed E-state index contributed by atoms with van der Waals surface area (Å²) in [7, 11) is -0.537. The average molecular weight is 287 g/mol. The highest BCUT2D eigenvalue weighted by atomic mass is 28.3. The Balaban J connectivity index is 1.72. The minimum Gasteiger partial charge on any atom is -0.0793 e. The van der Waals surface area contributed by atoms with Gasteiger partial charge in [-0.2, -0.15) is 0 Å². The van der Waals surface area contributed by atoms with E-state index in [-0.39, 0.29) is 0 Å². The Bertz CT molecular complexity index is 665. The molecule has 103 valence electrons. The van der Waals surface area contributed by atoms with Crippen molar-refractivity contribution in [3.8, 4) is 0 Å². The molecule has 0 saturated carbocycles. The summed E-state index contributed by atoms with van der Waals surface area (Å²) in [6.45, 7) is 2.37. The minimum atomic E-state index is -0.537. The van der Waals surface area contributed by atoms with E-state index < -0.39 is 8.80 Å². The van der Waals surface area contributed by atoms with E-state index in [1.54, 1.807) is 11.1 Å². The van der Waals surface area contributed by atoms with Crippen LogP contribution < -0.4 is 0 Å². The van der Waals surface area contributed by atoms with Crippen LogP contribution in [0.4, 0.5) is 0 Å². The molecule has 0 nitrogen and oxygen atoms in total.